The highest BCUT2D eigenvalue weighted by molar-refractivity contribution is 6.00. The Morgan fingerprint density at radius 1 is 1.10 bits per heavy atom. The molecule has 3 heterocycles. The van der Waals surface area contributed by atoms with Gasteiger partial charge in [-0.2, -0.15) is 0 Å². The monoisotopic (exact) mass is 397 g/mol. The van der Waals surface area contributed by atoms with E-state index in [1.807, 2.05) is 18.2 Å². The van der Waals surface area contributed by atoms with Crippen molar-refractivity contribution in [3.8, 4) is 0 Å². The zero-order valence-electron chi connectivity index (χ0n) is 16.3. The lowest BCUT2D eigenvalue weighted by atomic mass is 9.89. The van der Waals surface area contributed by atoms with Crippen LogP contribution in [0.25, 0.3) is 16.6 Å². The highest BCUT2D eigenvalue weighted by Crippen LogP contribution is 2.38. The Labute approximate surface area is 167 Å². The van der Waals surface area contributed by atoms with Crippen molar-refractivity contribution in [3.05, 3.63) is 40.3 Å². The lowest BCUT2D eigenvalue weighted by molar-refractivity contribution is -0.159. The van der Waals surface area contributed by atoms with Crippen LogP contribution in [0.3, 0.4) is 0 Å². The second-order valence-electron chi connectivity index (χ2n) is 7.92. The number of imide groups is 1. The Hall–Kier alpha value is -2.71. The van der Waals surface area contributed by atoms with E-state index in [9.17, 15) is 14.4 Å². The van der Waals surface area contributed by atoms with E-state index in [2.05, 4.69) is 11.4 Å². The SMILES string of the molecule is Cn1c(=O)n(C2CCC(=O)NC2=O)c2ccc(C3=CCC4(CC3)OCCO4)cc21. The van der Waals surface area contributed by atoms with Crippen LogP contribution in [0.4, 0.5) is 0 Å². The Balaban J connectivity index is 1.51. The molecule has 152 valence electrons. The number of rotatable bonds is 2. The average Bonchev–Trinajstić information content (AvgIpc) is 3.26. The number of allylic oxidation sites excluding steroid dienone is 1. The molecule has 1 aromatic heterocycles. The molecule has 1 aromatic carbocycles. The molecule has 2 saturated heterocycles. The molecule has 2 amide bonds. The predicted molar refractivity (Wildman–Crippen MR) is 105 cm³/mol. The van der Waals surface area contributed by atoms with E-state index >= 15 is 0 Å². The van der Waals surface area contributed by atoms with Gasteiger partial charge >= 0.3 is 5.69 Å². The summed E-state index contributed by atoms with van der Waals surface area (Å²) < 4.78 is 14.6. The van der Waals surface area contributed by atoms with Crippen LogP contribution in [0.2, 0.25) is 0 Å². The van der Waals surface area contributed by atoms with Gasteiger partial charge in [-0.1, -0.05) is 12.1 Å². The number of aromatic nitrogens is 2. The number of ether oxygens (including phenoxy) is 2. The maximum Gasteiger partial charge on any atom is 0.329 e. The molecule has 1 atom stereocenters. The number of hydrogen-bond donors (Lipinski definition) is 1. The average molecular weight is 397 g/mol. The molecular formula is C21H23N3O5. The number of benzene rings is 1. The third kappa shape index (κ3) is 2.94. The van der Waals surface area contributed by atoms with Crippen molar-refractivity contribution < 1.29 is 19.1 Å². The fourth-order valence-electron chi connectivity index (χ4n) is 4.62. The molecule has 1 spiro atoms. The molecule has 5 rings (SSSR count). The van der Waals surface area contributed by atoms with E-state index in [0.717, 1.165) is 30.3 Å². The molecule has 3 aliphatic rings. The Morgan fingerprint density at radius 2 is 1.90 bits per heavy atom. The predicted octanol–water partition coefficient (Wildman–Crippen LogP) is 1.63. The molecule has 1 N–H and O–H groups in total. The minimum Gasteiger partial charge on any atom is -0.347 e. The molecule has 0 saturated carbocycles. The first kappa shape index (κ1) is 18.3. The standard InChI is InChI=1S/C21H23N3O5/c1-23-17-12-14(13-6-8-21(9-7-13)28-10-11-29-21)2-3-15(17)24(20(23)27)16-4-5-18(25)22-19(16)26/h2-3,6,12,16H,4-5,7-11H2,1H3,(H,22,25,26). The fraction of sp³-hybridized carbons (Fsp3) is 0.476. The topological polar surface area (TPSA) is 91.6 Å². The summed E-state index contributed by atoms with van der Waals surface area (Å²) in [7, 11) is 1.71. The molecule has 0 radical (unpaired) electrons. The number of imidazole rings is 1. The third-order valence-electron chi connectivity index (χ3n) is 6.23. The number of carbonyl (C=O) groups excluding carboxylic acids is 2. The van der Waals surface area contributed by atoms with Gasteiger partial charge in [-0.25, -0.2) is 4.79 Å². The number of hydrogen-bond acceptors (Lipinski definition) is 5. The lowest BCUT2D eigenvalue weighted by Gasteiger charge is -2.30. The van der Waals surface area contributed by atoms with Crippen molar-refractivity contribution in [3.63, 3.8) is 0 Å². The van der Waals surface area contributed by atoms with E-state index in [1.165, 1.54) is 10.1 Å². The third-order valence-corrected chi connectivity index (χ3v) is 6.23. The Bertz CT molecular complexity index is 1100. The number of nitrogens with one attached hydrogen (secondary N) is 1. The summed E-state index contributed by atoms with van der Waals surface area (Å²) in [5.41, 5.74) is 3.48. The van der Waals surface area contributed by atoms with Crippen molar-refractivity contribution in [2.75, 3.05) is 13.2 Å². The maximum absolute atomic E-state index is 12.9. The van der Waals surface area contributed by atoms with Crippen LogP contribution in [-0.4, -0.2) is 39.9 Å². The van der Waals surface area contributed by atoms with Gasteiger partial charge < -0.3 is 9.47 Å². The summed E-state index contributed by atoms with van der Waals surface area (Å²) in [5, 5.41) is 2.34. The Morgan fingerprint density at radius 3 is 2.59 bits per heavy atom. The van der Waals surface area contributed by atoms with Crippen LogP contribution in [-0.2, 0) is 26.1 Å². The molecular weight excluding hydrogens is 374 g/mol. The van der Waals surface area contributed by atoms with E-state index in [4.69, 9.17) is 9.47 Å². The number of nitrogens with zero attached hydrogens (tertiary/aromatic N) is 2. The molecule has 1 aliphatic carbocycles. The van der Waals surface area contributed by atoms with E-state index in [0.29, 0.717) is 25.2 Å². The second-order valence-corrected chi connectivity index (χ2v) is 7.92. The van der Waals surface area contributed by atoms with Crippen molar-refractivity contribution in [1.29, 1.82) is 0 Å². The lowest BCUT2D eigenvalue weighted by Crippen LogP contribution is -2.44. The number of carbonyl (C=O) groups is 2. The van der Waals surface area contributed by atoms with Gasteiger partial charge in [0.1, 0.15) is 6.04 Å². The normalized spacial score (nSPS) is 24.2. The van der Waals surface area contributed by atoms with Crippen molar-refractivity contribution in [2.24, 2.45) is 7.05 Å². The van der Waals surface area contributed by atoms with Gasteiger partial charge in [0.15, 0.2) is 5.79 Å². The molecule has 2 fully saturated rings. The zero-order valence-corrected chi connectivity index (χ0v) is 16.3. The van der Waals surface area contributed by atoms with Gasteiger partial charge in [0.2, 0.25) is 11.8 Å². The van der Waals surface area contributed by atoms with Crippen LogP contribution >= 0.6 is 0 Å². The number of aryl methyl sites for hydroxylation is 1. The summed E-state index contributed by atoms with van der Waals surface area (Å²) in [6.07, 6.45) is 5.09. The summed E-state index contributed by atoms with van der Waals surface area (Å²) in [6, 6.07) is 5.22. The van der Waals surface area contributed by atoms with Crippen LogP contribution in [0, 0.1) is 0 Å². The number of fused-ring (bicyclic) bond motifs is 1. The summed E-state index contributed by atoms with van der Waals surface area (Å²) in [6.45, 7) is 1.29. The van der Waals surface area contributed by atoms with Crippen LogP contribution < -0.4 is 11.0 Å². The van der Waals surface area contributed by atoms with Crippen molar-refractivity contribution >= 4 is 28.4 Å². The molecule has 1 unspecified atom stereocenters. The van der Waals surface area contributed by atoms with Crippen molar-refractivity contribution in [2.45, 2.75) is 43.9 Å². The minimum absolute atomic E-state index is 0.232. The highest BCUT2D eigenvalue weighted by Gasteiger charge is 2.38. The summed E-state index contributed by atoms with van der Waals surface area (Å²) in [5.74, 6) is -1.17. The number of piperidine rings is 1. The molecule has 29 heavy (non-hydrogen) atoms. The van der Waals surface area contributed by atoms with Crippen LogP contribution in [0.15, 0.2) is 29.1 Å². The van der Waals surface area contributed by atoms with Crippen molar-refractivity contribution in [1.82, 2.24) is 14.5 Å². The van der Waals surface area contributed by atoms with Gasteiger partial charge in [0.25, 0.3) is 0 Å². The first-order chi connectivity index (χ1) is 14.0. The number of amides is 2. The van der Waals surface area contributed by atoms with Gasteiger partial charge in [-0.05, 0) is 36.1 Å². The molecule has 2 aromatic rings. The van der Waals surface area contributed by atoms with Gasteiger partial charge in [0, 0.05) is 26.3 Å². The van der Waals surface area contributed by atoms with Gasteiger partial charge in [-0.15, -0.1) is 0 Å². The molecule has 8 nitrogen and oxygen atoms in total. The molecule has 2 aliphatic heterocycles. The van der Waals surface area contributed by atoms with Gasteiger partial charge in [-0.3, -0.25) is 24.0 Å². The smallest absolute Gasteiger partial charge is 0.329 e. The minimum atomic E-state index is -0.667. The summed E-state index contributed by atoms with van der Waals surface area (Å²) >= 11 is 0. The van der Waals surface area contributed by atoms with Crippen LogP contribution in [0.1, 0.15) is 43.7 Å². The first-order valence-electron chi connectivity index (χ1n) is 9.99. The largest absolute Gasteiger partial charge is 0.347 e. The molecule has 8 heteroatoms. The van der Waals surface area contributed by atoms with E-state index < -0.39 is 17.7 Å². The fourth-order valence-corrected chi connectivity index (χ4v) is 4.62. The Kier molecular flexibility index (Phi) is 4.22. The quantitative estimate of drug-likeness (QED) is 0.778. The van der Waals surface area contributed by atoms with Gasteiger partial charge in [0.05, 0.1) is 24.2 Å². The maximum atomic E-state index is 12.9. The van der Waals surface area contributed by atoms with E-state index in [-0.39, 0.29) is 18.0 Å². The second kappa shape index (κ2) is 6.67. The van der Waals surface area contributed by atoms with E-state index in [1.54, 1.807) is 11.6 Å². The first-order valence-corrected chi connectivity index (χ1v) is 9.99. The zero-order chi connectivity index (χ0) is 20.2. The summed E-state index contributed by atoms with van der Waals surface area (Å²) in [4.78, 5) is 36.7. The highest BCUT2D eigenvalue weighted by atomic mass is 16.7. The van der Waals surface area contributed by atoms with Crippen LogP contribution in [0.5, 0.6) is 0 Å². The molecule has 0 bridgehead atoms.